The zero-order chi connectivity index (χ0) is 18.1. The predicted octanol–water partition coefficient (Wildman–Crippen LogP) is 3.27. The molecule has 3 aromatic rings. The molecular formula is C19H21N5OS. The fourth-order valence-electron chi connectivity index (χ4n) is 3.34. The van der Waals surface area contributed by atoms with Gasteiger partial charge >= 0.3 is 0 Å². The fraction of sp³-hybridized carbons (Fsp3) is 0.316. The number of morpholine rings is 1. The number of ether oxygens (including phenoxy) is 1. The van der Waals surface area contributed by atoms with Gasteiger partial charge in [-0.05, 0) is 49.6 Å². The topological polar surface area (TPSA) is 77.2 Å². The van der Waals surface area contributed by atoms with Crippen molar-refractivity contribution in [2.45, 2.75) is 31.0 Å². The minimum Gasteiger partial charge on any atom is -0.372 e. The molecule has 0 amide bonds. The van der Waals surface area contributed by atoms with E-state index in [1.165, 1.54) is 11.9 Å². The Morgan fingerprint density at radius 3 is 2.62 bits per heavy atom. The number of aromatic nitrogens is 3. The summed E-state index contributed by atoms with van der Waals surface area (Å²) in [6.45, 7) is 5.82. The maximum atomic E-state index is 5.82. The summed E-state index contributed by atoms with van der Waals surface area (Å²) in [4.78, 5) is 16.9. The first-order chi connectivity index (χ1) is 12.6. The van der Waals surface area contributed by atoms with Crippen LogP contribution >= 0.6 is 11.9 Å². The fourth-order valence-corrected chi connectivity index (χ4v) is 3.66. The lowest BCUT2D eigenvalue weighted by atomic mass is 10.1. The van der Waals surface area contributed by atoms with Crippen LogP contribution in [0.2, 0.25) is 0 Å². The number of nitrogens with zero attached hydrogens (tertiary/aromatic N) is 4. The first kappa shape index (κ1) is 17.2. The third-order valence-corrected chi connectivity index (χ3v) is 4.95. The molecule has 0 bridgehead atoms. The maximum absolute atomic E-state index is 5.82. The Hall–Kier alpha value is -2.22. The maximum Gasteiger partial charge on any atom is 0.148 e. The van der Waals surface area contributed by atoms with Crippen molar-refractivity contribution in [3.05, 3.63) is 42.9 Å². The molecule has 4 rings (SSSR count). The monoisotopic (exact) mass is 367 g/mol. The molecule has 0 saturated carbocycles. The largest absolute Gasteiger partial charge is 0.372 e. The number of benzene rings is 1. The molecule has 1 saturated heterocycles. The highest BCUT2D eigenvalue weighted by atomic mass is 32.2. The summed E-state index contributed by atoms with van der Waals surface area (Å²) in [5, 5.41) is 5.65. The summed E-state index contributed by atoms with van der Waals surface area (Å²) in [6, 6.07) is 8.12. The average molecular weight is 367 g/mol. The number of hydrogen-bond acceptors (Lipinski definition) is 7. The number of pyridine rings is 1. The van der Waals surface area contributed by atoms with Crippen molar-refractivity contribution in [2.75, 3.05) is 18.0 Å². The van der Waals surface area contributed by atoms with Gasteiger partial charge in [0, 0.05) is 35.9 Å². The third-order valence-electron chi connectivity index (χ3n) is 4.46. The standard InChI is InChI=1S/C19H21N5OS/c1-12-10-24(11-13(2)25-12)19-9-22-17-4-3-14(6-18(17)23-19)15-5-16(26-20)8-21-7-15/h3-9,12-13H,10-11,20H2,1-2H3. The highest BCUT2D eigenvalue weighted by molar-refractivity contribution is 7.97. The van der Waals surface area contributed by atoms with Crippen molar-refractivity contribution in [2.24, 2.45) is 5.14 Å². The summed E-state index contributed by atoms with van der Waals surface area (Å²) in [5.41, 5.74) is 3.82. The van der Waals surface area contributed by atoms with E-state index in [1.807, 2.05) is 30.6 Å². The lowest BCUT2D eigenvalue weighted by Crippen LogP contribution is -2.45. The lowest BCUT2D eigenvalue weighted by Gasteiger charge is -2.35. The Kier molecular flexibility index (Phi) is 4.76. The Morgan fingerprint density at radius 1 is 1.04 bits per heavy atom. The SMILES string of the molecule is CC1CN(c2cnc3ccc(-c4cncc(SN)c4)cc3n2)CC(C)O1. The van der Waals surface area contributed by atoms with E-state index in [-0.39, 0.29) is 12.2 Å². The van der Waals surface area contributed by atoms with Crippen LogP contribution in [0.3, 0.4) is 0 Å². The Morgan fingerprint density at radius 2 is 1.85 bits per heavy atom. The molecule has 2 atom stereocenters. The highest BCUT2D eigenvalue weighted by Gasteiger charge is 2.23. The molecule has 3 heterocycles. The molecule has 7 heteroatoms. The van der Waals surface area contributed by atoms with E-state index in [0.717, 1.165) is 46.0 Å². The van der Waals surface area contributed by atoms with E-state index >= 15 is 0 Å². The summed E-state index contributed by atoms with van der Waals surface area (Å²) in [5.74, 6) is 0.890. The van der Waals surface area contributed by atoms with Gasteiger partial charge in [0.05, 0.1) is 29.4 Å². The predicted molar refractivity (Wildman–Crippen MR) is 105 cm³/mol. The van der Waals surface area contributed by atoms with Crippen LogP contribution in [-0.4, -0.2) is 40.2 Å². The van der Waals surface area contributed by atoms with Crippen LogP contribution in [-0.2, 0) is 4.74 Å². The average Bonchev–Trinajstić information content (AvgIpc) is 2.66. The van der Waals surface area contributed by atoms with Gasteiger partial charge in [0.25, 0.3) is 0 Å². The van der Waals surface area contributed by atoms with E-state index in [4.69, 9.17) is 14.9 Å². The summed E-state index contributed by atoms with van der Waals surface area (Å²) in [7, 11) is 0. The van der Waals surface area contributed by atoms with E-state index in [9.17, 15) is 0 Å². The van der Waals surface area contributed by atoms with Gasteiger partial charge in [-0.15, -0.1) is 0 Å². The second-order valence-electron chi connectivity index (χ2n) is 6.62. The van der Waals surface area contributed by atoms with E-state index in [0.29, 0.717) is 0 Å². The second-order valence-corrected chi connectivity index (χ2v) is 7.33. The molecule has 0 spiro atoms. The molecule has 1 aliphatic heterocycles. The molecule has 26 heavy (non-hydrogen) atoms. The van der Waals surface area contributed by atoms with Crippen LogP contribution in [0.25, 0.3) is 22.2 Å². The lowest BCUT2D eigenvalue weighted by molar-refractivity contribution is -0.00545. The molecule has 1 fully saturated rings. The number of rotatable bonds is 3. The molecule has 1 aliphatic rings. The normalized spacial score (nSPS) is 20.5. The van der Waals surface area contributed by atoms with Gasteiger partial charge < -0.3 is 9.64 Å². The summed E-state index contributed by atoms with van der Waals surface area (Å²) < 4.78 is 5.82. The Balaban J connectivity index is 1.70. The second kappa shape index (κ2) is 7.19. The number of fused-ring (bicyclic) bond motifs is 1. The number of nitrogens with two attached hydrogens (primary N) is 1. The molecule has 2 aromatic heterocycles. The van der Waals surface area contributed by atoms with Crippen molar-refractivity contribution in [1.82, 2.24) is 15.0 Å². The third kappa shape index (κ3) is 3.51. The summed E-state index contributed by atoms with van der Waals surface area (Å²) >= 11 is 1.19. The van der Waals surface area contributed by atoms with Crippen LogP contribution in [0.4, 0.5) is 5.82 Å². The van der Waals surface area contributed by atoms with Gasteiger partial charge in [-0.1, -0.05) is 6.07 Å². The molecule has 6 nitrogen and oxygen atoms in total. The van der Waals surface area contributed by atoms with Gasteiger partial charge in [-0.3, -0.25) is 15.1 Å². The van der Waals surface area contributed by atoms with Crippen molar-refractivity contribution in [1.29, 1.82) is 0 Å². The molecular weight excluding hydrogens is 346 g/mol. The number of hydrogen-bond donors (Lipinski definition) is 1. The molecule has 2 N–H and O–H groups in total. The molecule has 134 valence electrons. The van der Waals surface area contributed by atoms with E-state index < -0.39 is 0 Å². The first-order valence-corrected chi connectivity index (χ1v) is 9.49. The minimum absolute atomic E-state index is 0.185. The highest BCUT2D eigenvalue weighted by Crippen LogP contribution is 2.26. The van der Waals surface area contributed by atoms with Crippen molar-refractivity contribution in [3.8, 4) is 11.1 Å². The van der Waals surface area contributed by atoms with Gasteiger partial charge in [-0.2, -0.15) is 0 Å². The van der Waals surface area contributed by atoms with Crippen LogP contribution in [0.5, 0.6) is 0 Å². The van der Waals surface area contributed by atoms with Gasteiger partial charge in [-0.25, -0.2) is 4.98 Å². The van der Waals surface area contributed by atoms with E-state index in [1.54, 1.807) is 6.20 Å². The van der Waals surface area contributed by atoms with Crippen molar-refractivity contribution < 1.29 is 4.74 Å². The van der Waals surface area contributed by atoms with Crippen molar-refractivity contribution >= 4 is 28.8 Å². The Bertz CT molecular complexity index is 925. The van der Waals surface area contributed by atoms with Crippen LogP contribution < -0.4 is 10.0 Å². The van der Waals surface area contributed by atoms with Gasteiger partial charge in [0.2, 0.25) is 0 Å². The molecule has 2 unspecified atom stereocenters. The molecule has 1 aromatic carbocycles. The summed E-state index contributed by atoms with van der Waals surface area (Å²) in [6.07, 6.45) is 5.81. The van der Waals surface area contributed by atoms with Crippen LogP contribution in [0.15, 0.2) is 47.8 Å². The molecule has 0 radical (unpaired) electrons. The molecule has 0 aliphatic carbocycles. The minimum atomic E-state index is 0.185. The van der Waals surface area contributed by atoms with Crippen molar-refractivity contribution in [3.63, 3.8) is 0 Å². The van der Waals surface area contributed by atoms with Crippen LogP contribution in [0, 0.1) is 0 Å². The first-order valence-electron chi connectivity index (χ1n) is 8.62. The zero-order valence-corrected chi connectivity index (χ0v) is 15.6. The Labute approximate surface area is 156 Å². The smallest absolute Gasteiger partial charge is 0.148 e. The zero-order valence-electron chi connectivity index (χ0n) is 14.8. The van der Waals surface area contributed by atoms with Crippen LogP contribution in [0.1, 0.15) is 13.8 Å². The van der Waals surface area contributed by atoms with Gasteiger partial charge in [0.1, 0.15) is 5.82 Å². The number of anilines is 1. The van der Waals surface area contributed by atoms with Gasteiger partial charge in [0.15, 0.2) is 0 Å². The quantitative estimate of drug-likeness (QED) is 0.712. The van der Waals surface area contributed by atoms with E-state index in [2.05, 4.69) is 34.8 Å².